The fourth-order valence-electron chi connectivity index (χ4n) is 3.89. The SMILES string of the molecule is CCc1ccccc1N1C[C@H](C(=O)OCc2cc(=O)oc3cc(OC)ccc23)CC1=O. The van der Waals surface area contributed by atoms with Crippen molar-refractivity contribution < 1.29 is 23.5 Å². The standard InChI is InChI=1S/C24H23NO6/c1-3-15-6-4-5-7-20(15)25-13-16(10-22(25)26)24(28)30-14-17-11-23(27)31-21-12-18(29-2)8-9-19(17)21/h4-9,11-12,16H,3,10,13-14H2,1-2H3/t16-/m1/s1. The van der Waals surface area contributed by atoms with Gasteiger partial charge in [0.15, 0.2) is 0 Å². The van der Waals surface area contributed by atoms with Crippen LogP contribution in [0.2, 0.25) is 0 Å². The number of anilines is 1. The molecule has 1 aliphatic rings. The summed E-state index contributed by atoms with van der Waals surface area (Å²) in [7, 11) is 1.52. The molecule has 0 unspecified atom stereocenters. The minimum absolute atomic E-state index is 0.0799. The maximum absolute atomic E-state index is 12.7. The molecule has 0 bridgehead atoms. The van der Waals surface area contributed by atoms with E-state index in [9.17, 15) is 14.4 Å². The average Bonchev–Trinajstić information content (AvgIpc) is 3.18. The zero-order valence-corrected chi connectivity index (χ0v) is 17.4. The van der Waals surface area contributed by atoms with E-state index in [1.54, 1.807) is 23.1 Å². The Bertz CT molecular complexity index is 1200. The van der Waals surface area contributed by atoms with Crippen molar-refractivity contribution in [3.8, 4) is 5.75 Å². The van der Waals surface area contributed by atoms with Crippen LogP contribution in [0.4, 0.5) is 5.69 Å². The van der Waals surface area contributed by atoms with E-state index >= 15 is 0 Å². The fourth-order valence-corrected chi connectivity index (χ4v) is 3.89. The molecular formula is C24H23NO6. The summed E-state index contributed by atoms with van der Waals surface area (Å²) in [6, 6.07) is 14.1. The Hall–Kier alpha value is -3.61. The normalized spacial score (nSPS) is 16.0. The Kier molecular flexibility index (Phi) is 5.75. The number of benzene rings is 2. The van der Waals surface area contributed by atoms with Crippen LogP contribution in [0.5, 0.6) is 5.75 Å². The molecule has 7 nitrogen and oxygen atoms in total. The van der Waals surface area contributed by atoms with Gasteiger partial charge < -0.3 is 18.8 Å². The van der Waals surface area contributed by atoms with Crippen LogP contribution >= 0.6 is 0 Å². The summed E-state index contributed by atoms with van der Waals surface area (Å²) in [4.78, 5) is 38.8. The first-order valence-electron chi connectivity index (χ1n) is 10.2. The van der Waals surface area contributed by atoms with E-state index in [0.717, 1.165) is 17.7 Å². The maximum atomic E-state index is 12.7. The van der Waals surface area contributed by atoms with Crippen molar-refractivity contribution in [1.82, 2.24) is 0 Å². The third kappa shape index (κ3) is 4.17. The first-order valence-corrected chi connectivity index (χ1v) is 10.2. The predicted molar refractivity (Wildman–Crippen MR) is 115 cm³/mol. The first-order chi connectivity index (χ1) is 15.0. The summed E-state index contributed by atoms with van der Waals surface area (Å²) >= 11 is 0. The van der Waals surface area contributed by atoms with Gasteiger partial charge >= 0.3 is 11.6 Å². The predicted octanol–water partition coefficient (Wildman–Crippen LogP) is 3.46. The maximum Gasteiger partial charge on any atom is 0.336 e. The van der Waals surface area contributed by atoms with Gasteiger partial charge in [-0.25, -0.2) is 4.79 Å². The Labute approximate surface area is 179 Å². The van der Waals surface area contributed by atoms with Crippen molar-refractivity contribution in [2.24, 2.45) is 5.92 Å². The van der Waals surface area contributed by atoms with Crippen LogP contribution in [-0.2, 0) is 27.4 Å². The Morgan fingerprint density at radius 3 is 2.71 bits per heavy atom. The number of amides is 1. The number of aryl methyl sites for hydroxylation is 1. The smallest absolute Gasteiger partial charge is 0.336 e. The fraction of sp³-hybridized carbons (Fsp3) is 0.292. The van der Waals surface area contributed by atoms with E-state index in [2.05, 4.69) is 0 Å². The van der Waals surface area contributed by atoms with E-state index in [4.69, 9.17) is 13.9 Å². The van der Waals surface area contributed by atoms with Gasteiger partial charge in [0, 0.05) is 41.7 Å². The molecule has 1 fully saturated rings. The molecule has 1 aliphatic heterocycles. The lowest BCUT2D eigenvalue weighted by Gasteiger charge is -2.19. The Balaban J connectivity index is 1.48. The number of para-hydroxylation sites is 1. The number of nitrogens with zero attached hydrogens (tertiary/aromatic N) is 1. The molecule has 1 amide bonds. The number of fused-ring (bicyclic) bond motifs is 1. The summed E-state index contributed by atoms with van der Waals surface area (Å²) in [5, 5.41) is 0.661. The number of carbonyl (C=O) groups excluding carboxylic acids is 2. The molecule has 0 spiro atoms. The van der Waals surface area contributed by atoms with Crippen molar-refractivity contribution in [1.29, 1.82) is 0 Å². The summed E-state index contributed by atoms with van der Waals surface area (Å²) in [5.74, 6) is -0.550. The summed E-state index contributed by atoms with van der Waals surface area (Å²) in [6.07, 6.45) is 0.898. The third-order valence-corrected chi connectivity index (χ3v) is 5.53. The molecular weight excluding hydrogens is 398 g/mol. The molecule has 1 aromatic heterocycles. The highest BCUT2D eigenvalue weighted by molar-refractivity contribution is 6.00. The average molecular weight is 421 g/mol. The third-order valence-electron chi connectivity index (χ3n) is 5.53. The van der Waals surface area contributed by atoms with Gasteiger partial charge in [0.25, 0.3) is 0 Å². The van der Waals surface area contributed by atoms with Crippen LogP contribution < -0.4 is 15.3 Å². The van der Waals surface area contributed by atoms with Crippen LogP contribution in [0.15, 0.2) is 57.7 Å². The highest BCUT2D eigenvalue weighted by Crippen LogP contribution is 2.29. The number of carbonyl (C=O) groups is 2. The van der Waals surface area contributed by atoms with Crippen molar-refractivity contribution in [3.63, 3.8) is 0 Å². The van der Waals surface area contributed by atoms with Gasteiger partial charge in [-0.3, -0.25) is 9.59 Å². The van der Waals surface area contributed by atoms with Crippen LogP contribution in [0.3, 0.4) is 0 Å². The van der Waals surface area contributed by atoms with Gasteiger partial charge in [-0.05, 0) is 30.2 Å². The van der Waals surface area contributed by atoms with Gasteiger partial charge in [0.05, 0.1) is 13.0 Å². The van der Waals surface area contributed by atoms with Crippen LogP contribution in [0, 0.1) is 5.92 Å². The molecule has 31 heavy (non-hydrogen) atoms. The molecule has 160 valence electrons. The van der Waals surface area contributed by atoms with Crippen LogP contribution in [0.1, 0.15) is 24.5 Å². The van der Waals surface area contributed by atoms with Gasteiger partial charge in [-0.1, -0.05) is 25.1 Å². The molecule has 4 rings (SSSR count). The van der Waals surface area contributed by atoms with Gasteiger partial charge in [-0.2, -0.15) is 0 Å². The zero-order valence-electron chi connectivity index (χ0n) is 17.4. The zero-order chi connectivity index (χ0) is 22.0. The molecule has 0 radical (unpaired) electrons. The minimum atomic E-state index is -0.552. The van der Waals surface area contributed by atoms with Crippen LogP contribution in [0.25, 0.3) is 11.0 Å². The second kappa shape index (κ2) is 8.63. The van der Waals surface area contributed by atoms with E-state index in [0.29, 0.717) is 22.3 Å². The van der Waals surface area contributed by atoms with Gasteiger partial charge in [0.1, 0.15) is 17.9 Å². The number of rotatable bonds is 6. The van der Waals surface area contributed by atoms with Gasteiger partial charge in [0.2, 0.25) is 5.91 Å². The summed E-state index contributed by atoms with van der Waals surface area (Å²) in [5.41, 5.74) is 2.26. The monoisotopic (exact) mass is 421 g/mol. The summed E-state index contributed by atoms with van der Waals surface area (Å²) in [6.45, 7) is 2.23. The number of methoxy groups -OCH3 is 1. The molecule has 3 aromatic rings. The molecule has 1 atom stereocenters. The molecule has 2 heterocycles. The second-order valence-corrected chi connectivity index (χ2v) is 7.45. The van der Waals surface area contributed by atoms with Crippen molar-refractivity contribution >= 4 is 28.5 Å². The largest absolute Gasteiger partial charge is 0.497 e. The lowest BCUT2D eigenvalue weighted by molar-refractivity contribution is -0.149. The van der Waals surface area contributed by atoms with E-state index < -0.39 is 17.5 Å². The quantitative estimate of drug-likeness (QED) is 0.448. The molecule has 0 aliphatic carbocycles. The lowest BCUT2D eigenvalue weighted by atomic mass is 10.1. The Morgan fingerprint density at radius 1 is 1.13 bits per heavy atom. The topological polar surface area (TPSA) is 86.1 Å². The molecule has 7 heteroatoms. The van der Waals surface area contributed by atoms with E-state index in [1.807, 2.05) is 31.2 Å². The van der Waals surface area contributed by atoms with E-state index in [1.165, 1.54) is 13.2 Å². The number of esters is 1. The van der Waals surface area contributed by atoms with Crippen LogP contribution in [-0.4, -0.2) is 25.5 Å². The van der Waals surface area contributed by atoms with Crippen molar-refractivity contribution in [3.05, 3.63) is 70.1 Å². The number of hydrogen-bond acceptors (Lipinski definition) is 6. The van der Waals surface area contributed by atoms with Gasteiger partial charge in [-0.15, -0.1) is 0 Å². The molecule has 2 aromatic carbocycles. The Morgan fingerprint density at radius 2 is 1.94 bits per heavy atom. The second-order valence-electron chi connectivity index (χ2n) is 7.45. The number of hydrogen-bond donors (Lipinski definition) is 0. The lowest BCUT2D eigenvalue weighted by Crippen LogP contribution is -2.27. The first kappa shape index (κ1) is 20.7. The minimum Gasteiger partial charge on any atom is -0.497 e. The highest BCUT2D eigenvalue weighted by Gasteiger charge is 2.36. The molecule has 0 saturated carbocycles. The van der Waals surface area contributed by atoms with Crippen molar-refractivity contribution in [2.45, 2.75) is 26.4 Å². The van der Waals surface area contributed by atoms with E-state index in [-0.39, 0.29) is 25.5 Å². The summed E-state index contributed by atoms with van der Waals surface area (Å²) < 4.78 is 15.9. The van der Waals surface area contributed by atoms with Crippen molar-refractivity contribution in [2.75, 3.05) is 18.6 Å². The number of ether oxygens (including phenoxy) is 2. The highest BCUT2D eigenvalue weighted by atomic mass is 16.5. The molecule has 0 N–H and O–H groups in total. The molecule has 1 saturated heterocycles.